The van der Waals surface area contributed by atoms with Gasteiger partial charge >= 0.3 is 17.2 Å². The molecule has 1 fully saturated rings. The van der Waals surface area contributed by atoms with Crippen molar-refractivity contribution in [2.45, 2.75) is 135 Å². The lowest BCUT2D eigenvalue weighted by Gasteiger charge is -2.33. The first-order chi connectivity index (χ1) is 16.2. The average molecular weight is 549 g/mol. The molecule has 0 bridgehead atoms. The van der Waals surface area contributed by atoms with Crippen molar-refractivity contribution in [1.82, 2.24) is 0 Å². The fraction of sp³-hybridized carbons (Fsp3) is 0.880. The number of hydrogen-bond acceptors (Lipinski definition) is 8. The SMILES string of the molecule is CC[Si](CC)(CC)O[C@H](C)C[C@H](CCC[C@@]1(C)OC(=S)O[C@@H]1C(=O)OCC[Si](C)(C)C)OC(C)=O. The van der Waals surface area contributed by atoms with Gasteiger partial charge in [0.1, 0.15) is 6.10 Å². The van der Waals surface area contributed by atoms with Gasteiger partial charge in [-0.05, 0) is 57.3 Å². The molecule has 0 saturated carbocycles. The van der Waals surface area contributed by atoms with E-state index < -0.39 is 34.1 Å². The van der Waals surface area contributed by atoms with Crippen LogP contribution in [0.4, 0.5) is 0 Å². The Kier molecular flexibility index (Phi) is 12.9. The standard InChI is InChI=1S/C25H48O7SSi2/c1-10-35(11-2,12-3)32-19(4)18-21(29-20(5)26)14-13-15-25(6)22(30-24(33)31-25)23(27)28-16-17-34(7,8)9/h19,21-22H,10-18H2,1-9H3/t19-,21+,22-,25-/m1/s1. The molecule has 1 aliphatic heterocycles. The van der Waals surface area contributed by atoms with Crippen LogP contribution in [-0.2, 0) is 33.0 Å². The highest BCUT2D eigenvalue weighted by molar-refractivity contribution is 7.79. The summed E-state index contributed by atoms with van der Waals surface area (Å²) >= 11 is 5.11. The summed E-state index contributed by atoms with van der Waals surface area (Å²) in [5.74, 6) is -0.743. The highest BCUT2D eigenvalue weighted by Gasteiger charge is 2.51. The van der Waals surface area contributed by atoms with Crippen LogP contribution in [0, 0.1) is 0 Å². The van der Waals surface area contributed by atoms with Crippen LogP contribution in [0.25, 0.3) is 0 Å². The van der Waals surface area contributed by atoms with Crippen molar-refractivity contribution >= 4 is 45.8 Å². The largest absolute Gasteiger partial charge is 0.463 e. The molecule has 0 unspecified atom stereocenters. The van der Waals surface area contributed by atoms with E-state index in [1.54, 1.807) is 0 Å². The van der Waals surface area contributed by atoms with Crippen LogP contribution in [0.1, 0.15) is 67.2 Å². The lowest BCUT2D eigenvalue weighted by atomic mass is 9.91. The second kappa shape index (κ2) is 14.1. The van der Waals surface area contributed by atoms with Crippen molar-refractivity contribution < 1.29 is 33.0 Å². The van der Waals surface area contributed by atoms with Crippen molar-refractivity contribution in [3.05, 3.63) is 0 Å². The van der Waals surface area contributed by atoms with E-state index in [0.717, 1.165) is 24.2 Å². The molecular weight excluding hydrogens is 501 g/mol. The fourth-order valence-corrected chi connectivity index (χ4v) is 8.44. The summed E-state index contributed by atoms with van der Waals surface area (Å²) in [6.07, 6.45) is 1.32. The molecule has 1 rings (SSSR count). The van der Waals surface area contributed by atoms with Crippen LogP contribution in [-0.4, -0.2) is 64.1 Å². The van der Waals surface area contributed by atoms with Crippen molar-refractivity contribution in [2.24, 2.45) is 0 Å². The van der Waals surface area contributed by atoms with Gasteiger partial charge < -0.3 is 23.4 Å². The highest BCUT2D eigenvalue weighted by Crippen LogP contribution is 2.34. The maximum atomic E-state index is 12.7. The molecule has 0 aliphatic carbocycles. The number of carbonyl (C=O) groups excluding carboxylic acids is 2. The number of hydrogen-bond donors (Lipinski definition) is 0. The zero-order chi connectivity index (χ0) is 26.9. The average Bonchev–Trinajstić information content (AvgIpc) is 3.04. The predicted octanol–water partition coefficient (Wildman–Crippen LogP) is 6.23. The Balaban J connectivity index is 2.73. The molecule has 0 aromatic rings. The molecule has 35 heavy (non-hydrogen) atoms. The molecule has 1 heterocycles. The van der Waals surface area contributed by atoms with Crippen LogP contribution >= 0.6 is 12.2 Å². The van der Waals surface area contributed by atoms with E-state index in [-0.39, 0.29) is 23.4 Å². The molecule has 1 saturated heterocycles. The number of carbonyl (C=O) groups is 2. The van der Waals surface area contributed by atoms with Crippen LogP contribution in [0.15, 0.2) is 0 Å². The Bertz CT molecular complexity index is 700. The molecule has 0 spiro atoms. The van der Waals surface area contributed by atoms with Gasteiger partial charge in [-0.15, -0.1) is 0 Å². The Morgan fingerprint density at radius 1 is 1.14 bits per heavy atom. The van der Waals surface area contributed by atoms with Crippen molar-refractivity contribution in [3.8, 4) is 0 Å². The molecule has 7 nitrogen and oxygen atoms in total. The molecule has 0 aromatic carbocycles. The summed E-state index contributed by atoms with van der Waals surface area (Å²) < 4.78 is 29.0. The predicted molar refractivity (Wildman–Crippen MR) is 148 cm³/mol. The highest BCUT2D eigenvalue weighted by atomic mass is 32.1. The number of thiocarbonyl (C=S) groups is 1. The van der Waals surface area contributed by atoms with Crippen LogP contribution in [0.5, 0.6) is 0 Å². The van der Waals surface area contributed by atoms with Gasteiger partial charge in [0, 0.05) is 39.7 Å². The van der Waals surface area contributed by atoms with E-state index in [1.165, 1.54) is 6.92 Å². The van der Waals surface area contributed by atoms with Gasteiger partial charge in [-0.2, -0.15) is 0 Å². The molecule has 204 valence electrons. The second-order valence-corrected chi connectivity index (χ2v) is 21.8. The molecule has 0 radical (unpaired) electrons. The van der Waals surface area contributed by atoms with E-state index in [0.29, 0.717) is 32.3 Å². The Hall–Kier alpha value is -0.976. The summed E-state index contributed by atoms with van der Waals surface area (Å²) in [5.41, 5.74) is -0.912. The number of esters is 2. The summed E-state index contributed by atoms with van der Waals surface area (Å²) in [5, 5.41) is -0.0294. The van der Waals surface area contributed by atoms with Gasteiger partial charge in [0.25, 0.3) is 0 Å². The minimum Gasteiger partial charge on any atom is -0.463 e. The zero-order valence-electron chi connectivity index (χ0n) is 23.4. The minimum absolute atomic E-state index is 0.00851. The first-order valence-electron chi connectivity index (χ1n) is 13.1. The van der Waals surface area contributed by atoms with Crippen LogP contribution in [0.3, 0.4) is 0 Å². The Morgan fingerprint density at radius 3 is 2.26 bits per heavy atom. The fourth-order valence-electron chi connectivity index (χ4n) is 4.49. The Labute approximate surface area is 220 Å². The molecular formula is C25H48O7SSi2. The third-order valence-corrected chi connectivity index (χ3v) is 13.6. The number of ether oxygens (including phenoxy) is 4. The summed E-state index contributed by atoms with van der Waals surface area (Å²) in [7, 11) is -3.07. The van der Waals surface area contributed by atoms with Gasteiger partial charge in [0.15, 0.2) is 13.9 Å². The maximum absolute atomic E-state index is 12.7. The lowest BCUT2D eigenvalue weighted by molar-refractivity contribution is -0.156. The van der Waals surface area contributed by atoms with Gasteiger partial charge in [-0.3, -0.25) is 4.79 Å². The molecule has 10 heteroatoms. The van der Waals surface area contributed by atoms with Gasteiger partial charge in [0.05, 0.1) is 6.61 Å². The third-order valence-electron chi connectivity index (χ3n) is 6.91. The Morgan fingerprint density at radius 2 is 1.74 bits per heavy atom. The lowest BCUT2D eigenvalue weighted by Crippen LogP contribution is -2.43. The second-order valence-electron chi connectivity index (χ2n) is 11.2. The van der Waals surface area contributed by atoms with Crippen molar-refractivity contribution in [3.63, 3.8) is 0 Å². The van der Waals surface area contributed by atoms with Crippen molar-refractivity contribution in [1.29, 1.82) is 0 Å². The first-order valence-corrected chi connectivity index (χ1v) is 19.7. The summed E-state index contributed by atoms with van der Waals surface area (Å²) in [6, 6.07) is 4.12. The summed E-state index contributed by atoms with van der Waals surface area (Å²) in [6.45, 7) is 19.0. The van der Waals surface area contributed by atoms with E-state index in [4.69, 9.17) is 35.6 Å². The van der Waals surface area contributed by atoms with Crippen LogP contribution in [0.2, 0.25) is 43.8 Å². The van der Waals surface area contributed by atoms with Crippen molar-refractivity contribution in [2.75, 3.05) is 6.61 Å². The molecule has 0 aromatic heterocycles. The zero-order valence-corrected chi connectivity index (χ0v) is 26.2. The van der Waals surface area contributed by atoms with Gasteiger partial charge in [-0.1, -0.05) is 40.4 Å². The minimum atomic E-state index is -1.74. The van der Waals surface area contributed by atoms with E-state index in [9.17, 15) is 9.59 Å². The first kappa shape index (κ1) is 32.1. The topological polar surface area (TPSA) is 80.3 Å². The van der Waals surface area contributed by atoms with E-state index in [2.05, 4.69) is 47.3 Å². The van der Waals surface area contributed by atoms with E-state index >= 15 is 0 Å². The van der Waals surface area contributed by atoms with Gasteiger partial charge in [-0.25, -0.2) is 4.79 Å². The molecule has 4 atom stereocenters. The van der Waals surface area contributed by atoms with Crippen LogP contribution < -0.4 is 0 Å². The molecule has 0 N–H and O–H groups in total. The monoisotopic (exact) mass is 548 g/mol. The smallest absolute Gasteiger partial charge is 0.353 e. The quantitative estimate of drug-likeness (QED) is 0.128. The normalized spacial score (nSPS) is 22.2. The third kappa shape index (κ3) is 10.9. The molecule has 1 aliphatic rings. The summed E-state index contributed by atoms with van der Waals surface area (Å²) in [4.78, 5) is 24.5. The van der Waals surface area contributed by atoms with E-state index in [1.807, 2.05) is 6.92 Å². The van der Waals surface area contributed by atoms with Gasteiger partial charge in [0.2, 0.25) is 6.10 Å². The maximum Gasteiger partial charge on any atom is 0.353 e. The number of rotatable bonds is 16. The molecule has 0 amide bonds.